The van der Waals surface area contributed by atoms with E-state index in [0.717, 1.165) is 11.0 Å². The van der Waals surface area contributed by atoms with Crippen LogP contribution in [0.25, 0.3) is 21.9 Å². The van der Waals surface area contributed by atoms with Crippen LogP contribution in [-0.4, -0.2) is 19.5 Å². The number of fused-ring (bicyclic) bond motifs is 2. The van der Waals surface area contributed by atoms with Gasteiger partial charge in [0.2, 0.25) is 0 Å². The molecule has 22 heavy (non-hydrogen) atoms. The highest BCUT2D eigenvalue weighted by molar-refractivity contribution is 5.77. The first-order valence-electron chi connectivity index (χ1n) is 6.79. The van der Waals surface area contributed by atoms with Gasteiger partial charge in [0.15, 0.2) is 0 Å². The van der Waals surface area contributed by atoms with Crippen molar-refractivity contribution in [3.8, 4) is 0 Å². The molecule has 2 heterocycles. The molecule has 0 radical (unpaired) electrons. The minimum absolute atomic E-state index is 0.274. The van der Waals surface area contributed by atoms with Crippen LogP contribution in [-0.2, 0) is 6.54 Å². The van der Waals surface area contributed by atoms with Gasteiger partial charge < -0.3 is 9.55 Å². The third-order valence-corrected chi connectivity index (χ3v) is 3.57. The van der Waals surface area contributed by atoms with Gasteiger partial charge in [-0.05, 0) is 24.3 Å². The molecule has 0 aliphatic carbocycles. The average molecular weight is 294 g/mol. The molecule has 4 aromatic rings. The largest absolute Gasteiger partial charge is 0.323 e. The summed E-state index contributed by atoms with van der Waals surface area (Å²) in [4.78, 5) is 23.4. The fourth-order valence-electron chi connectivity index (χ4n) is 2.53. The molecule has 0 saturated heterocycles. The summed E-state index contributed by atoms with van der Waals surface area (Å²) in [6.45, 7) is 0.363. The van der Waals surface area contributed by atoms with E-state index in [1.165, 1.54) is 18.2 Å². The lowest BCUT2D eigenvalue weighted by Crippen LogP contribution is -2.14. The van der Waals surface area contributed by atoms with Crippen molar-refractivity contribution in [1.82, 2.24) is 19.5 Å². The molecule has 0 aliphatic rings. The number of para-hydroxylation sites is 2. The van der Waals surface area contributed by atoms with Gasteiger partial charge in [0.25, 0.3) is 5.56 Å². The summed E-state index contributed by atoms with van der Waals surface area (Å²) in [6.07, 6.45) is 1.69. The van der Waals surface area contributed by atoms with Crippen LogP contribution in [0.3, 0.4) is 0 Å². The predicted octanol–water partition coefficient (Wildman–Crippen LogP) is 2.46. The molecular weight excluding hydrogens is 283 g/mol. The second-order valence-corrected chi connectivity index (χ2v) is 5.04. The molecule has 0 spiro atoms. The first kappa shape index (κ1) is 12.7. The summed E-state index contributed by atoms with van der Waals surface area (Å²) in [5, 5.41) is 0.376. The molecule has 0 saturated carbocycles. The maximum Gasteiger partial charge on any atom is 0.258 e. The molecule has 0 unspecified atom stereocenters. The van der Waals surface area contributed by atoms with Gasteiger partial charge >= 0.3 is 0 Å². The number of nitrogens with zero attached hydrogens (tertiary/aromatic N) is 3. The summed E-state index contributed by atoms with van der Waals surface area (Å²) in [7, 11) is 0. The molecule has 2 aromatic carbocycles. The standard InChI is InChI=1S/C16H11FN4O/c17-10-5-6-11-13(7-10)19-15(20-16(11)22)8-21-9-18-12-3-1-2-4-14(12)21/h1-7,9H,8H2,(H,19,20,22). The molecule has 6 heteroatoms. The number of rotatable bonds is 2. The molecular formula is C16H11FN4O. The zero-order chi connectivity index (χ0) is 15.1. The highest BCUT2D eigenvalue weighted by atomic mass is 19.1. The van der Waals surface area contributed by atoms with Crippen LogP contribution in [0, 0.1) is 5.82 Å². The first-order chi connectivity index (χ1) is 10.7. The maximum atomic E-state index is 13.3. The van der Waals surface area contributed by atoms with Gasteiger partial charge in [-0.2, -0.15) is 0 Å². The molecule has 1 N–H and O–H groups in total. The monoisotopic (exact) mass is 294 g/mol. The second-order valence-electron chi connectivity index (χ2n) is 5.04. The predicted molar refractivity (Wildman–Crippen MR) is 81.2 cm³/mol. The smallest absolute Gasteiger partial charge is 0.258 e. The van der Waals surface area contributed by atoms with Gasteiger partial charge in [0.1, 0.15) is 11.6 Å². The normalized spacial score (nSPS) is 11.3. The lowest BCUT2D eigenvalue weighted by Gasteiger charge is -2.05. The summed E-state index contributed by atoms with van der Waals surface area (Å²) in [5.41, 5.74) is 1.90. The van der Waals surface area contributed by atoms with Gasteiger partial charge in [-0.15, -0.1) is 0 Å². The Hall–Kier alpha value is -3.02. The van der Waals surface area contributed by atoms with E-state index >= 15 is 0 Å². The summed E-state index contributed by atoms with van der Waals surface area (Å²) >= 11 is 0. The van der Waals surface area contributed by atoms with E-state index < -0.39 is 5.82 Å². The Labute approximate surface area is 124 Å². The minimum Gasteiger partial charge on any atom is -0.323 e. The second kappa shape index (κ2) is 4.77. The van der Waals surface area contributed by atoms with Crippen LogP contribution in [0.1, 0.15) is 5.82 Å². The third-order valence-electron chi connectivity index (χ3n) is 3.57. The zero-order valence-corrected chi connectivity index (χ0v) is 11.5. The lowest BCUT2D eigenvalue weighted by molar-refractivity contribution is 0.629. The SMILES string of the molecule is O=c1[nH]c(Cn2cnc3ccccc32)nc2cc(F)ccc12. The number of imidazole rings is 1. The Morgan fingerprint density at radius 3 is 2.91 bits per heavy atom. The number of aromatic amines is 1. The Kier molecular flexibility index (Phi) is 2.75. The number of halogens is 1. The van der Waals surface area contributed by atoms with Crippen molar-refractivity contribution < 1.29 is 4.39 Å². The molecule has 5 nitrogen and oxygen atoms in total. The number of H-pyrrole nitrogens is 1. The van der Waals surface area contributed by atoms with Crippen LogP contribution >= 0.6 is 0 Å². The van der Waals surface area contributed by atoms with E-state index in [-0.39, 0.29) is 5.56 Å². The number of nitrogens with one attached hydrogen (secondary N) is 1. The Morgan fingerprint density at radius 2 is 2.00 bits per heavy atom. The van der Waals surface area contributed by atoms with Crippen molar-refractivity contribution in [3.05, 3.63) is 70.8 Å². The summed E-state index contributed by atoms with van der Waals surface area (Å²) < 4.78 is 15.2. The molecule has 108 valence electrons. The van der Waals surface area contributed by atoms with E-state index in [1.807, 2.05) is 28.8 Å². The average Bonchev–Trinajstić information content (AvgIpc) is 2.90. The van der Waals surface area contributed by atoms with Crippen LogP contribution in [0.5, 0.6) is 0 Å². The number of hydrogen-bond acceptors (Lipinski definition) is 3. The van der Waals surface area contributed by atoms with E-state index in [4.69, 9.17) is 0 Å². The Bertz CT molecular complexity index is 1050. The van der Waals surface area contributed by atoms with E-state index in [2.05, 4.69) is 15.0 Å². The summed E-state index contributed by atoms with van der Waals surface area (Å²) in [5.74, 6) is 0.0517. The number of aromatic nitrogens is 4. The Balaban J connectivity index is 1.83. The van der Waals surface area contributed by atoms with Crippen molar-refractivity contribution in [1.29, 1.82) is 0 Å². The van der Waals surface area contributed by atoms with Crippen LogP contribution < -0.4 is 5.56 Å². The fourth-order valence-corrected chi connectivity index (χ4v) is 2.53. The van der Waals surface area contributed by atoms with Gasteiger partial charge in [0.05, 0.1) is 34.8 Å². The van der Waals surface area contributed by atoms with Crippen molar-refractivity contribution >= 4 is 21.9 Å². The van der Waals surface area contributed by atoms with Crippen molar-refractivity contribution in [3.63, 3.8) is 0 Å². The fraction of sp³-hybridized carbons (Fsp3) is 0.0625. The topological polar surface area (TPSA) is 63.6 Å². The molecule has 0 atom stereocenters. The Morgan fingerprint density at radius 1 is 1.14 bits per heavy atom. The quantitative estimate of drug-likeness (QED) is 0.617. The van der Waals surface area contributed by atoms with E-state index in [1.54, 1.807) is 6.33 Å². The van der Waals surface area contributed by atoms with Gasteiger partial charge in [-0.25, -0.2) is 14.4 Å². The third kappa shape index (κ3) is 2.05. The van der Waals surface area contributed by atoms with Crippen molar-refractivity contribution in [2.24, 2.45) is 0 Å². The van der Waals surface area contributed by atoms with Crippen LogP contribution in [0.4, 0.5) is 4.39 Å². The highest BCUT2D eigenvalue weighted by Crippen LogP contribution is 2.14. The molecule has 4 rings (SSSR count). The van der Waals surface area contributed by atoms with Crippen molar-refractivity contribution in [2.45, 2.75) is 6.54 Å². The molecule has 0 aliphatic heterocycles. The van der Waals surface area contributed by atoms with Crippen LogP contribution in [0.2, 0.25) is 0 Å². The highest BCUT2D eigenvalue weighted by Gasteiger charge is 2.07. The number of hydrogen-bond donors (Lipinski definition) is 1. The molecule has 0 fully saturated rings. The van der Waals surface area contributed by atoms with E-state index in [0.29, 0.717) is 23.3 Å². The number of benzene rings is 2. The lowest BCUT2D eigenvalue weighted by atomic mass is 10.2. The summed E-state index contributed by atoms with van der Waals surface area (Å²) in [6, 6.07) is 11.7. The van der Waals surface area contributed by atoms with E-state index in [9.17, 15) is 9.18 Å². The molecule has 2 aromatic heterocycles. The van der Waals surface area contributed by atoms with Crippen LogP contribution in [0.15, 0.2) is 53.6 Å². The molecule has 0 amide bonds. The van der Waals surface area contributed by atoms with Gasteiger partial charge in [0, 0.05) is 6.07 Å². The molecule has 0 bridgehead atoms. The zero-order valence-electron chi connectivity index (χ0n) is 11.5. The first-order valence-corrected chi connectivity index (χ1v) is 6.79. The van der Waals surface area contributed by atoms with Gasteiger partial charge in [-0.3, -0.25) is 4.79 Å². The van der Waals surface area contributed by atoms with Crippen molar-refractivity contribution in [2.75, 3.05) is 0 Å². The minimum atomic E-state index is -0.412. The van der Waals surface area contributed by atoms with Gasteiger partial charge in [-0.1, -0.05) is 12.1 Å². The maximum absolute atomic E-state index is 13.3.